The van der Waals surface area contributed by atoms with Crippen molar-refractivity contribution in [2.24, 2.45) is 0 Å². The summed E-state index contributed by atoms with van der Waals surface area (Å²) in [6, 6.07) is 7.80. The van der Waals surface area contributed by atoms with Gasteiger partial charge in [-0.3, -0.25) is 14.3 Å². The van der Waals surface area contributed by atoms with Crippen molar-refractivity contribution in [1.29, 1.82) is 0 Å². The van der Waals surface area contributed by atoms with Crippen LogP contribution in [0, 0.1) is 0 Å². The Bertz CT molecular complexity index is 865. The number of hydrogen-bond acceptors (Lipinski definition) is 5. The molecule has 4 rings (SSSR count). The highest BCUT2D eigenvalue weighted by Gasteiger charge is 2.28. The summed E-state index contributed by atoms with van der Waals surface area (Å²) in [5, 5.41) is 13.0. The number of halogens is 1. The lowest BCUT2D eigenvalue weighted by Gasteiger charge is -2.17. The third-order valence-electron chi connectivity index (χ3n) is 5.16. The number of nitrogens with zero attached hydrogens (tertiary/aromatic N) is 4. The van der Waals surface area contributed by atoms with E-state index in [9.17, 15) is 9.59 Å². The summed E-state index contributed by atoms with van der Waals surface area (Å²) in [4.78, 5) is 24.6. The molecule has 0 bridgehead atoms. The Balaban J connectivity index is 1.48. The van der Waals surface area contributed by atoms with Crippen LogP contribution >= 0.6 is 23.4 Å². The number of carbonyl (C=O) groups is 2. The molecule has 2 fully saturated rings. The minimum absolute atomic E-state index is 0.100. The number of amides is 3. The van der Waals surface area contributed by atoms with Gasteiger partial charge in [0.2, 0.25) is 5.91 Å². The van der Waals surface area contributed by atoms with Gasteiger partial charge in [-0.1, -0.05) is 48.3 Å². The molecule has 3 amide bonds. The molecular weight excluding hydrogens is 398 g/mol. The summed E-state index contributed by atoms with van der Waals surface area (Å²) in [6.07, 6.45) is 5.36. The van der Waals surface area contributed by atoms with E-state index in [-0.39, 0.29) is 18.5 Å². The van der Waals surface area contributed by atoms with E-state index in [0.717, 1.165) is 35.1 Å². The standard InChI is InChI=1S/C19H22ClN5O2S/c20-15-9-4-3-8-14(15)17-22-23-19(25(17)13-6-1-2-7-13)28-11-5-10-24-16(26)12-21-18(24)27/h3-4,8-9,13H,1-2,5-7,10-12H2,(H,21,27). The molecule has 2 heterocycles. The molecular formula is C19H22ClN5O2S. The second kappa shape index (κ2) is 8.53. The van der Waals surface area contributed by atoms with Gasteiger partial charge in [0.15, 0.2) is 11.0 Å². The number of urea groups is 1. The molecule has 0 radical (unpaired) electrons. The summed E-state index contributed by atoms with van der Waals surface area (Å²) in [5.74, 6) is 1.41. The fourth-order valence-electron chi connectivity index (χ4n) is 3.76. The smallest absolute Gasteiger partial charge is 0.324 e. The van der Waals surface area contributed by atoms with Crippen LogP contribution in [0.25, 0.3) is 11.4 Å². The van der Waals surface area contributed by atoms with Crippen molar-refractivity contribution in [3.8, 4) is 11.4 Å². The molecule has 2 aliphatic rings. The average Bonchev–Trinajstić information content (AvgIpc) is 3.41. The number of hydrogen-bond donors (Lipinski definition) is 1. The van der Waals surface area contributed by atoms with Gasteiger partial charge in [-0.2, -0.15) is 0 Å². The van der Waals surface area contributed by atoms with Gasteiger partial charge in [-0.25, -0.2) is 4.79 Å². The number of rotatable bonds is 7. The third-order valence-corrected chi connectivity index (χ3v) is 6.52. The Morgan fingerprint density at radius 3 is 2.68 bits per heavy atom. The monoisotopic (exact) mass is 419 g/mol. The Labute approximate surface area is 172 Å². The zero-order valence-corrected chi connectivity index (χ0v) is 17.0. The van der Waals surface area contributed by atoms with Gasteiger partial charge in [-0.05, 0) is 31.4 Å². The van der Waals surface area contributed by atoms with Crippen LogP contribution in [0.1, 0.15) is 38.1 Å². The molecule has 148 valence electrons. The predicted octanol–water partition coefficient (Wildman–Crippen LogP) is 3.75. The molecule has 9 heteroatoms. The molecule has 1 aromatic carbocycles. The minimum atomic E-state index is -0.301. The number of nitrogens with one attached hydrogen (secondary N) is 1. The third kappa shape index (κ3) is 3.89. The molecule has 1 aromatic heterocycles. The number of aromatic nitrogens is 3. The maximum absolute atomic E-state index is 11.7. The van der Waals surface area contributed by atoms with E-state index in [1.54, 1.807) is 11.8 Å². The SMILES string of the molecule is O=C1CNC(=O)N1CCCSc1nnc(-c2ccccc2Cl)n1C1CCCC1. The first-order valence-corrected chi connectivity index (χ1v) is 10.9. The van der Waals surface area contributed by atoms with Crippen molar-refractivity contribution < 1.29 is 9.59 Å². The largest absolute Gasteiger partial charge is 0.329 e. The number of imide groups is 1. The fraction of sp³-hybridized carbons (Fsp3) is 0.474. The zero-order valence-electron chi connectivity index (χ0n) is 15.4. The fourth-order valence-corrected chi connectivity index (χ4v) is 4.91. The van der Waals surface area contributed by atoms with E-state index in [0.29, 0.717) is 24.0 Å². The quantitative estimate of drug-likeness (QED) is 0.420. The first kappa shape index (κ1) is 19.3. The maximum atomic E-state index is 11.7. The summed E-state index contributed by atoms with van der Waals surface area (Å²) in [6.45, 7) is 0.524. The van der Waals surface area contributed by atoms with Crippen LogP contribution in [0.2, 0.25) is 5.02 Å². The van der Waals surface area contributed by atoms with Crippen LogP contribution in [-0.4, -0.2) is 50.4 Å². The Morgan fingerprint density at radius 1 is 1.18 bits per heavy atom. The number of thioether (sulfide) groups is 1. The second-order valence-corrected chi connectivity index (χ2v) is 8.47. The van der Waals surface area contributed by atoms with Gasteiger partial charge in [0.25, 0.3) is 0 Å². The van der Waals surface area contributed by atoms with E-state index < -0.39 is 0 Å². The Hall–Kier alpha value is -2.06. The molecule has 28 heavy (non-hydrogen) atoms. The summed E-state index contributed by atoms with van der Waals surface area (Å²) in [7, 11) is 0. The van der Waals surface area contributed by atoms with Crippen molar-refractivity contribution >= 4 is 35.3 Å². The minimum Gasteiger partial charge on any atom is -0.329 e. The van der Waals surface area contributed by atoms with E-state index in [4.69, 9.17) is 11.6 Å². The molecule has 2 aromatic rings. The van der Waals surface area contributed by atoms with Crippen LogP contribution in [-0.2, 0) is 4.79 Å². The van der Waals surface area contributed by atoms with Gasteiger partial charge < -0.3 is 5.32 Å². The molecule has 1 saturated heterocycles. The van der Waals surface area contributed by atoms with Gasteiger partial charge in [0.05, 0.1) is 11.6 Å². The van der Waals surface area contributed by atoms with E-state index in [1.807, 2.05) is 24.3 Å². The van der Waals surface area contributed by atoms with Crippen molar-refractivity contribution in [3.63, 3.8) is 0 Å². The first-order valence-electron chi connectivity index (χ1n) is 9.56. The van der Waals surface area contributed by atoms with Gasteiger partial charge >= 0.3 is 6.03 Å². The summed E-state index contributed by atoms with van der Waals surface area (Å²) < 4.78 is 2.23. The zero-order chi connectivity index (χ0) is 19.5. The lowest BCUT2D eigenvalue weighted by molar-refractivity contribution is -0.124. The van der Waals surface area contributed by atoms with Crippen LogP contribution in [0.3, 0.4) is 0 Å². The second-order valence-electron chi connectivity index (χ2n) is 7.00. The van der Waals surface area contributed by atoms with E-state index in [2.05, 4.69) is 20.1 Å². The summed E-state index contributed by atoms with van der Waals surface area (Å²) >= 11 is 8.03. The Morgan fingerprint density at radius 2 is 1.96 bits per heavy atom. The molecule has 1 aliphatic carbocycles. The van der Waals surface area contributed by atoms with Crippen molar-refractivity contribution in [2.75, 3.05) is 18.8 Å². The van der Waals surface area contributed by atoms with Crippen LogP contribution in [0.5, 0.6) is 0 Å². The topological polar surface area (TPSA) is 80.1 Å². The maximum Gasteiger partial charge on any atom is 0.324 e. The average molecular weight is 420 g/mol. The summed E-state index contributed by atoms with van der Waals surface area (Å²) in [5.41, 5.74) is 0.898. The van der Waals surface area contributed by atoms with Gasteiger partial charge in [-0.15, -0.1) is 10.2 Å². The molecule has 7 nitrogen and oxygen atoms in total. The molecule has 1 saturated carbocycles. The van der Waals surface area contributed by atoms with Crippen LogP contribution in [0.4, 0.5) is 4.79 Å². The highest BCUT2D eigenvalue weighted by molar-refractivity contribution is 7.99. The van der Waals surface area contributed by atoms with Gasteiger partial charge in [0, 0.05) is 23.9 Å². The van der Waals surface area contributed by atoms with Crippen molar-refractivity contribution in [3.05, 3.63) is 29.3 Å². The predicted molar refractivity (Wildman–Crippen MR) is 108 cm³/mol. The van der Waals surface area contributed by atoms with Crippen molar-refractivity contribution in [1.82, 2.24) is 25.0 Å². The normalized spacial score (nSPS) is 17.5. The molecule has 0 spiro atoms. The molecule has 1 aliphatic heterocycles. The highest BCUT2D eigenvalue weighted by atomic mass is 35.5. The van der Waals surface area contributed by atoms with Gasteiger partial charge in [0.1, 0.15) is 0 Å². The van der Waals surface area contributed by atoms with Crippen LogP contribution < -0.4 is 5.32 Å². The number of carbonyl (C=O) groups excluding carboxylic acids is 2. The highest BCUT2D eigenvalue weighted by Crippen LogP contribution is 2.38. The molecule has 1 N–H and O–H groups in total. The van der Waals surface area contributed by atoms with E-state index >= 15 is 0 Å². The molecule has 0 unspecified atom stereocenters. The Kier molecular flexibility index (Phi) is 5.87. The number of benzene rings is 1. The molecule has 0 atom stereocenters. The van der Waals surface area contributed by atoms with Crippen molar-refractivity contribution in [2.45, 2.75) is 43.3 Å². The lowest BCUT2D eigenvalue weighted by Crippen LogP contribution is -2.32. The first-order chi connectivity index (χ1) is 13.6. The lowest BCUT2D eigenvalue weighted by atomic mass is 10.2. The van der Waals surface area contributed by atoms with Crippen LogP contribution in [0.15, 0.2) is 29.4 Å². The van der Waals surface area contributed by atoms with E-state index in [1.165, 1.54) is 17.7 Å².